The molecule has 2 rings (SSSR count). The minimum atomic E-state index is -0.185. The molecule has 3 nitrogen and oxygen atoms in total. The molecule has 19 heavy (non-hydrogen) atoms. The molecule has 102 valence electrons. The van der Waals surface area contributed by atoms with Gasteiger partial charge in [-0.1, -0.05) is 27.3 Å². The third kappa shape index (κ3) is 4.06. The standard InChI is InChI=1S/C13H15BrFN3S/c1-2-5-16-12(13-8-19-18-17-13)7-9-6-10(14)3-4-11(9)15/h3-4,6,8,12,16H,2,5,7H2,1H3. The van der Waals surface area contributed by atoms with E-state index in [1.165, 1.54) is 17.6 Å². The number of halogens is 2. The van der Waals surface area contributed by atoms with Crippen molar-refractivity contribution in [3.63, 3.8) is 0 Å². The van der Waals surface area contributed by atoms with Crippen LogP contribution < -0.4 is 5.32 Å². The zero-order chi connectivity index (χ0) is 13.7. The summed E-state index contributed by atoms with van der Waals surface area (Å²) in [6.07, 6.45) is 1.59. The van der Waals surface area contributed by atoms with Gasteiger partial charge in [-0.3, -0.25) is 0 Å². The smallest absolute Gasteiger partial charge is 0.126 e. The maximum atomic E-state index is 13.8. The van der Waals surface area contributed by atoms with Crippen molar-refractivity contribution in [2.45, 2.75) is 25.8 Å². The van der Waals surface area contributed by atoms with Crippen LogP contribution in [0.4, 0.5) is 4.39 Å². The van der Waals surface area contributed by atoms with Crippen molar-refractivity contribution < 1.29 is 4.39 Å². The first kappa shape index (κ1) is 14.6. The minimum Gasteiger partial charge on any atom is -0.308 e. The molecule has 6 heteroatoms. The van der Waals surface area contributed by atoms with Crippen LogP contribution in [0.25, 0.3) is 0 Å². The van der Waals surface area contributed by atoms with Crippen LogP contribution in [-0.4, -0.2) is 16.1 Å². The molecule has 1 atom stereocenters. The fourth-order valence-electron chi connectivity index (χ4n) is 1.84. The monoisotopic (exact) mass is 343 g/mol. The maximum Gasteiger partial charge on any atom is 0.126 e. The molecule has 0 amide bonds. The van der Waals surface area contributed by atoms with Gasteiger partial charge in [0.15, 0.2) is 0 Å². The molecule has 1 aromatic heterocycles. The summed E-state index contributed by atoms with van der Waals surface area (Å²) in [5.74, 6) is -0.185. The van der Waals surface area contributed by atoms with Crippen molar-refractivity contribution in [3.05, 3.63) is 45.1 Å². The van der Waals surface area contributed by atoms with E-state index in [4.69, 9.17) is 0 Å². The molecule has 0 radical (unpaired) electrons. The van der Waals surface area contributed by atoms with Crippen LogP contribution in [-0.2, 0) is 6.42 Å². The SMILES string of the molecule is CCCNC(Cc1cc(Br)ccc1F)c1csnn1. The summed E-state index contributed by atoms with van der Waals surface area (Å²) in [5, 5.41) is 9.38. The van der Waals surface area contributed by atoms with E-state index in [1.54, 1.807) is 6.07 Å². The van der Waals surface area contributed by atoms with Gasteiger partial charge in [0, 0.05) is 9.85 Å². The number of nitrogens with one attached hydrogen (secondary N) is 1. The van der Waals surface area contributed by atoms with Crippen molar-refractivity contribution in [2.75, 3.05) is 6.54 Å². The van der Waals surface area contributed by atoms with Crippen LogP contribution in [0.1, 0.15) is 30.6 Å². The van der Waals surface area contributed by atoms with Gasteiger partial charge < -0.3 is 5.32 Å². The first-order valence-electron chi connectivity index (χ1n) is 6.15. The minimum absolute atomic E-state index is 0.00231. The Labute approximate surface area is 124 Å². The third-order valence-electron chi connectivity index (χ3n) is 2.81. The summed E-state index contributed by atoms with van der Waals surface area (Å²) in [6, 6.07) is 5.01. The second-order valence-corrected chi connectivity index (χ2v) is 5.80. The van der Waals surface area contributed by atoms with Crippen LogP contribution >= 0.6 is 27.5 Å². The second-order valence-electron chi connectivity index (χ2n) is 4.28. The number of hydrogen-bond donors (Lipinski definition) is 1. The highest BCUT2D eigenvalue weighted by atomic mass is 79.9. The normalized spacial score (nSPS) is 12.6. The Morgan fingerprint density at radius 2 is 2.32 bits per heavy atom. The molecule has 0 saturated carbocycles. The van der Waals surface area contributed by atoms with Gasteiger partial charge >= 0.3 is 0 Å². The molecule has 1 aromatic carbocycles. The Morgan fingerprint density at radius 1 is 1.47 bits per heavy atom. The highest BCUT2D eigenvalue weighted by molar-refractivity contribution is 9.10. The van der Waals surface area contributed by atoms with E-state index in [2.05, 4.69) is 37.8 Å². The first-order chi connectivity index (χ1) is 9.20. The molecule has 0 saturated heterocycles. The predicted octanol–water partition coefficient (Wildman–Crippen LogP) is 3.72. The Morgan fingerprint density at radius 3 is 3.00 bits per heavy atom. The van der Waals surface area contributed by atoms with Gasteiger partial charge in [0.1, 0.15) is 5.82 Å². The van der Waals surface area contributed by atoms with Crippen molar-refractivity contribution >= 4 is 27.5 Å². The number of rotatable bonds is 6. The molecular weight excluding hydrogens is 329 g/mol. The topological polar surface area (TPSA) is 37.8 Å². The van der Waals surface area contributed by atoms with Crippen molar-refractivity contribution in [1.29, 1.82) is 0 Å². The van der Waals surface area contributed by atoms with Gasteiger partial charge in [-0.25, -0.2) is 4.39 Å². The zero-order valence-corrected chi connectivity index (χ0v) is 13.0. The van der Waals surface area contributed by atoms with E-state index in [0.717, 1.165) is 23.1 Å². The lowest BCUT2D eigenvalue weighted by molar-refractivity contribution is 0.502. The molecule has 1 N–H and O–H groups in total. The third-order valence-corrected chi connectivity index (χ3v) is 3.82. The summed E-state index contributed by atoms with van der Waals surface area (Å²) in [7, 11) is 0. The lowest BCUT2D eigenvalue weighted by Gasteiger charge is -2.16. The second kappa shape index (κ2) is 7.07. The summed E-state index contributed by atoms with van der Waals surface area (Å²) in [5.41, 5.74) is 1.55. The summed E-state index contributed by atoms with van der Waals surface area (Å²) < 4.78 is 18.6. The number of hydrogen-bond acceptors (Lipinski definition) is 4. The molecule has 0 fully saturated rings. The summed E-state index contributed by atoms with van der Waals surface area (Å²) in [4.78, 5) is 0. The molecule has 1 unspecified atom stereocenters. The highest BCUT2D eigenvalue weighted by Crippen LogP contribution is 2.22. The van der Waals surface area contributed by atoms with E-state index < -0.39 is 0 Å². The lowest BCUT2D eigenvalue weighted by atomic mass is 10.0. The van der Waals surface area contributed by atoms with Gasteiger partial charge in [0.2, 0.25) is 0 Å². The van der Waals surface area contributed by atoms with E-state index in [-0.39, 0.29) is 11.9 Å². The van der Waals surface area contributed by atoms with Gasteiger partial charge in [-0.15, -0.1) is 5.10 Å². The molecule has 0 aliphatic carbocycles. The number of benzene rings is 1. The Bertz CT molecular complexity index is 519. The Balaban J connectivity index is 2.17. The number of aromatic nitrogens is 2. The van der Waals surface area contributed by atoms with Gasteiger partial charge in [0.05, 0.1) is 11.7 Å². The largest absolute Gasteiger partial charge is 0.308 e. The Hall–Kier alpha value is -0.850. The van der Waals surface area contributed by atoms with Crippen molar-refractivity contribution in [1.82, 2.24) is 14.9 Å². The van der Waals surface area contributed by atoms with E-state index in [0.29, 0.717) is 12.0 Å². The van der Waals surface area contributed by atoms with E-state index in [9.17, 15) is 4.39 Å². The predicted molar refractivity (Wildman–Crippen MR) is 78.7 cm³/mol. The van der Waals surface area contributed by atoms with Gasteiger partial charge in [-0.05, 0) is 54.7 Å². The van der Waals surface area contributed by atoms with Crippen LogP contribution in [0.5, 0.6) is 0 Å². The van der Waals surface area contributed by atoms with Crippen LogP contribution in [0.15, 0.2) is 28.1 Å². The van der Waals surface area contributed by atoms with Crippen LogP contribution in [0, 0.1) is 5.82 Å². The van der Waals surface area contributed by atoms with Crippen molar-refractivity contribution in [2.24, 2.45) is 0 Å². The first-order valence-corrected chi connectivity index (χ1v) is 7.78. The van der Waals surface area contributed by atoms with E-state index in [1.807, 2.05) is 11.4 Å². The maximum absolute atomic E-state index is 13.8. The summed E-state index contributed by atoms with van der Waals surface area (Å²) in [6.45, 7) is 2.97. The molecular formula is C13H15BrFN3S. The average Bonchev–Trinajstić information content (AvgIpc) is 2.92. The average molecular weight is 344 g/mol. The fraction of sp³-hybridized carbons (Fsp3) is 0.385. The van der Waals surface area contributed by atoms with Crippen LogP contribution in [0.3, 0.4) is 0 Å². The quantitative estimate of drug-likeness (QED) is 0.868. The highest BCUT2D eigenvalue weighted by Gasteiger charge is 2.16. The van der Waals surface area contributed by atoms with E-state index >= 15 is 0 Å². The molecule has 0 bridgehead atoms. The molecule has 0 aliphatic heterocycles. The van der Waals surface area contributed by atoms with Crippen LogP contribution in [0.2, 0.25) is 0 Å². The Kier molecular flexibility index (Phi) is 5.42. The molecule has 0 aliphatic rings. The molecule has 0 spiro atoms. The molecule has 1 heterocycles. The number of nitrogens with zero attached hydrogens (tertiary/aromatic N) is 2. The van der Waals surface area contributed by atoms with Crippen molar-refractivity contribution in [3.8, 4) is 0 Å². The van der Waals surface area contributed by atoms with Gasteiger partial charge in [0.25, 0.3) is 0 Å². The van der Waals surface area contributed by atoms with Gasteiger partial charge in [-0.2, -0.15) is 0 Å². The summed E-state index contributed by atoms with van der Waals surface area (Å²) >= 11 is 4.69. The molecule has 2 aromatic rings. The zero-order valence-electron chi connectivity index (χ0n) is 10.6. The fourth-order valence-corrected chi connectivity index (χ4v) is 2.76. The lowest BCUT2D eigenvalue weighted by Crippen LogP contribution is -2.24.